The second-order valence-electron chi connectivity index (χ2n) is 5.80. The normalized spacial score (nSPS) is 20.8. The van der Waals surface area contributed by atoms with Crippen molar-refractivity contribution in [2.45, 2.75) is 42.9 Å². The summed E-state index contributed by atoms with van der Waals surface area (Å²) in [7, 11) is -3.97. The highest BCUT2D eigenvalue weighted by atomic mass is 32.2. The first-order valence-electron chi connectivity index (χ1n) is 7.01. The van der Waals surface area contributed by atoms with Crippen LogP contribution in [0.1, 0.15) is 36.6 Å². The number of sulfonamides is 1. The molecule has 2 N–H and O–H groups in total. The highest BCUT2D eigenvalue weighted by Crippen LogP contribution is 2.43. The van der Waals surface area contributed by atoms with Crippen LogP contribution in [0.3, 0.4) is 0 Å². The van der Waals surface area contributed by atoms with Gasteiger partial charge in [0, 0.05) is 18.8 Å². The van der Waals surface area contributed by atoms with Crippen molar-refractivity contribution in [3.05, 3.63) is 29.6 Å². The molecule has 0 saturated heterocycles. The molecule has 1 aromatic heterocycles. The van der Waals surface area contributed by atoms with Gasteiger partial charge < -0.3 is 4.52 Å². The quantitative estimate of drug-likeness (QED) is 0.923. The summed E-state index contributed by atoms with van der Waals surface area (Å²) in [4.78, 5) is 3.97. The van der Waals surface area contributed by atoms with Gasteiger partial charge in [0.15, 0.2) is 5.82 Å². The minimum atomic E-state index is -3.97. The van der Waals surface area contributed by atoms with E-state index in [1.807, 2.05) is 0 Å². The molecule has 0 amide bonds. The third-order valence-electron chi connectivity index (χ3n) is 3.88. The molecule has 23 heavy (non-hydrogen) atoms. The molecule has 0 radical (unpaired) electrons. The summed E-state index contributed by atoms with van der Waals surface area (Å²) >= 11 is 0. The van der Waals surface area contributed by atoms with Crippen LogP contribution in [0.5, 0.6) is 0 Å². The number of nitrogens with zero attached hydrogens (tertiary/aromatic N) is 2. The Morgan fingerprint density at radius 1 is 1.39 bits per heavy atom. The van der Waals surface area contributed by atoms with Crippen molar-refractivity contribution in [3.8, 4) is 11.5 Å². The van der Waals surface area contributed by atoms with Crippen LogP contribution in [0.2, 0.25) is 0 Å². The molecule has 1 atom stereocenters. The molecule has 2 aromatic rings. The second kappa shape index (κ2) is 5.34. The van der Waals surface area contributed by atoms with E-state index < -0.39 is 21.9 Å². The van der Waals surface area contributed by atoms with Crippen molar-refractivity contribution >= 4 is 10.0 Å². The maximum atomic E-state index is 13.3. The average Bonchev–Trinajstić information content (AvgIpc) is 3.03. The van der Waals surface area contributed by atoms with Gasteiger partial charge in [-0.15, -0.1) is 0 Å². The fourth-order valence-corrected chi connectivity index (χ4v) is 3.45. The zero-order valence-electron chi connectivity index (χ0n) is 12.3. The first kappa shape index (κ1) is 16.0. The van der Waals surface area contributed by atoms with Crippen molar-refractivity contribution in [3.63, 3.8) is 0 Å². The summed E-state index contributed by atoms with van der Waals surface area (Å²) in [5.41, 5.74) is 0.954. The summed E-state index contributed by atoms with van der Waals surface area (Å²) in [6.45, 7) is 1.77. The van der Waals surface area contributed by atoms with E-state index in [-0.39, 0.29) is 41.4 Å². The molecule has 1 heterocycles. The second-order valence-corrected chi connectivity index (χ2v) is 7.33. The van der Waals surface area contributed by atoms with Crippen molar-refractivity contribution in [1.82, 2.24) is 10.1 Å². The molecular formula is C14H15F2N3O3S. The van der Waals surface area contributed by atoms with Crippen LogP contribution in [-0.4, -0.2) is 24.5 Å². The van der Waals surface area contributed by atoms with Crippen LogP contribution < -0.4 is 5.14 Å². The number of rotatable bonds is 3. The van der Waals surface area contributed by atoms with Crippen molar-refractivity contribution in [2.24, 2.45) is 5.14 Å². The van der Waals surface area contributed by atoms with Gasteiger partial charge in [-0.1, -0.05) is 16.8 Å². The molecule has 1 aliphatic carbocycles. The zero-order chi connectivity index (χ0) is 16.8. The number of primary sulfonamides is 1. The first-order chi connectivity index (χ1) is 10.7. The van der Waals surface area contributed by atoms with Crippen LogP contribution in [0.25, 0.3) is 11.5 Å². The summed E-state index contributed by atoms with van der Waals surface area (Å²) in [5, 5.41) is 8.93. The lowest BCUT2D eigenvalue weighted by molar-refractivity contribution is 0.00749. The van der Waals surface area contributed by atoms with Crippen LogP contribution in [-0.2, 0) is 10.0 Å². The first-order valence-corrected chi connectivity index (χ1v) is 8.56. The molecule has 9 heteroatoms. The topological polar surface area (TPSA) is 99.1 Å². The van der Waals surface area contributed by atoms with E-state index in [0.717, 1.165) is 5.56 Å². The van der Waals surface area contributed by atoms with Crippen molar-refractivity contribution in [2.75, 3.05) is 0 Å². The van der Waals surface area contributed by atoms with Gasteiger partial charge in [-0.05, 0) is 25.5 Å². The van der Waals surface area contributed by atoms with Gasteiger partial charge in [0.1, 0.15) is 0 Å². The molecule has 0 bridgehead atoms. The number of nitrogens with two attached hydrogens (primary N) is 1. The molecule has 1 unspecified atom stereocenters. The van der Waals surface area contributed by atoms with E-state index in [4.69, 9.17) is 9.66 Å². The largest absolute Gasteiger partial charge is 0.334 e. The summed E-state index contributed by atoms with van der Waals surface area (Å²) in [6.07, 6.45) is -0.280. The molecule has 124 valence electrons. The zero-order valence-corrected chi connectivity index (χ0v) is 13.1. The lowest BCUT2D eigenvalue weighted by Gasteiger charge is -2.06. The Balaban J connectivity index is 2.00. The van der Waals surface area contributed by atoms with Crippen molar-refractivity contribution < 1.29 is 21.7 Å². The SMILES string of the molecule is Cc1ccc(S(N)(=O)=O)c(-c2nc(C3CCC(F)(F)C3)no2)c1. The maximum absolute atomic E-state index is 13.3. The predicted octanol–water partition coefficient (Wildman–Crippen LogP) is 2.60. The van der Waals surface area contributed by atoms with Gasteiger partial charge in [0.2, 0.25) is 15.9 Å². The lowest BCUT2D eigenvalue weighted by atomic mass is 10.1. The molecule has 1 aromatic carbocycles. The van der Waals surface area contributed by atoms with E-state index >= 15 is 0 Å². The van der Waals surface area contributed by atoms with Gasteiger partial charge in [0.05, 0.1) is 10.5 Å². The smallest absolute Gasteiger partial charge is 0.259 e. The number of aromatic nitrogens is 2. The highest BCUT2D eigenvalue weighted by molar-refractivity contribution is 7.89. The molecular weight excluding hydrogens is 328 g/mol. The number of hydrogen-bond acceptors (Lipinski definition) is 5. The van der Waals surface area contributed by atoms with Gasteiger partial charge in [-0.3, -0.25) is 0 Å². The predicted molar refractivity (Wildman–Crippen MR) is 77.4 cm³/mol. The number of hydrogen-bond donors (Lipinski definition) is 1. The van der Waals surface area contributed by atoms with Crippen LogP contribution in [0, 0.1) is 6.92 Å². The van der Waals surface area contributed by atoms with E-state index in [1.165, 1.54) is 6.07 Å². The summed E-state index contributed by atoms with van der Waals surface area (Å²) < 4.78 is 55.0. The Morgan fingerprint density at radius 3 is 2.74 bits per heavy atom. The van der Waals surface area contributed by atoms with E-state index in [2.05, 4.69) is 10.1 Å². The Hall–Kier alpha value is -1.87. The maximum Gasteiger partial charge on any atom is 0.259 e. The Morgan fingerprint density at radius 2 is 2.13 bits per heavy atom. The lowest BCUT2D eigenvalue weighted by Crippen LogP contribution is -2.13. The van der Waals surface area contributed by atoms with E-state index in [9.17, 15) is 17.2 Å². The molecule has 1 aliphatic rings. The Bertz CT molecular complexity index is 849. The highest BCUT2D eigenvalue weighted by Gasteiger charge is 2.42. The van der Waals surface area contributed by atoms with Crippen LogP contribution in [0.15, 0.2) is 27.6 Å². The monoisotopic (exact) mass is 343 g/mol. The average molecular weight is 343 g/mol. The summed E-state index contributed by atoms with van der Waals surface area (Å²) in [6, 6.07) is 4.51. The van der Waals surface area contributed by atoms with E-state index in [1.54, 1.807) is 19.1 Å². The number of alkyl halides is 2. The molecule has 1 fully saturated rings. The van der Waals surface area contributed by atoms with Gasteiger partial charge in [-0.25, -0.2) is 22.3 Å². The Labute approximate surface area is 131 Å². The van der Waals surface area contributed by atoms with Crippen molar-refractivity contribution in [1.29, 1.82) is 0 Å². The van der Waals surface area contributed by atoms with E-state index in [0.29, 0.717) is 0 Å². The number of aryl methyl sites for hydroxylation is 1. The Kier molecular flexibility index (Phi) is 3.72. The molecule has 6 nitrogen and oxygen atoms in total. The minimum Gasteiger partial charge on any atom is -0.334 e. The fourth-order valence-electron chi connectivity index (χ4n) is 2.74. The van der Waals surface area contributed by atoms with Gasteiger partial charge in [-0.2, -0.15) is 4.98 Å². The number of halogens is 2. The number of benzene rings is 1. The van der Waals surface area contributed by atoms with Gasteiger partial charge >= 0.3 is 0 Å². The third kappa shape index (κ3) is 3.25. The summed E-state index contributed by atoms with van der Waals surface area (Å²) in [5.74, 6) is -3.09. The molecule has 0 spiro atoms. The fraction of sp³-hybridized carbons (Fsp3) is 0.429. The molecule has 3 rings (SSSR count). The molecule has 1 saturated carbocycles. The van der Waals surface area contributed by atoms with Crippen LogP contribution >= 0.6 is 0 Å². The molecule has 0 aliphatic heterocycles. The van der Waals surface area contributed by atoms with Crippen LogP contribution in [0.4, 0.5) is 8.78 Å². The third-order valence-corrected chi connectivity index (χ3v) is 4.85. The van der Waals surface area contributed by atoms with Gasteiger partial charge in [0.25, 0.3) is 5.89 Å². The minimum absolute atomic E-state index is 0.0389. The standard InChI is InChI=1S/C14H15F2N3O3S/c1-8-2-3-11(23(17,20)21)10(6-8)13-18-12(19-22-13)9-4-5-14(15,16)7-9/h2-3,6,9H,4-5,7H2,1H3,(H2,17,20,21).